The summed E-state index contributed by atoms with van der Waals surface area (Å²) < 4.78 is 10.9. The molecular weight excluding hydrogens is 422 g/mol. The zero-order valence-corrected chi connectivity index (χ0v) is 18.1. The van der Waals surface area contributed by atoms with E-state index in [2.05, 4.69) is 15.2 Å². The molecule has 32 heavy (non-hydrogen) atoms. The molecule has 2 heterocycles. The van der Waals surface area contributed by atoms with Crippen molar-refractivity contribution in [2.45, 2.75) is 5.22 Å². The lowest BCUT2D eigenvalue weighted by molar-refractivity contribution is 0.102. The second-order valence-electron chi connectivity index (χ2n) is 7.10. The van der Waals surface area contributed by atoms with Crippen molar-refractivity contribution in [2.24, 2.45) is 0 Å². The minimum atomic E-state index is -0.00417. The first kappa shape index (κ1) is 20.1. The molecule has 0 saturated carbocycles. The maximum atomic E-state index is 13.3. The summed E-state index contributed by atoms with van der Waals surface area (Å²) in [6.07, 6.45) is 0. The van der Waals surface area contributed by atoms with Crippen LogP contribution in [0, 0.1) is 0 Å². The number of thioether (sulfide) groups is 1. The Bertz CT molecular complexity index is 1370. The Labute approximate surface area is 188 Å². The van der Waals surface area contributed by atoms with Crippen molar-refractivity contribution in [3.8, 4) is 28.5 Å². The van der Waals surface area contributed by atoms with Gasteiger partial charge >= 0.3 is 0 Å². The first-order chi connectivity index (χ1) is 15.7. The third-order valence-corrected chi connectivity index (χ3v) is 5.94. The zero-order chi connectivity index (χ0) is 21.9. The van der Waals surface area contributed by atoms with Crippen LogP contribution in [-0.2, 0) is 0 Å². The van der Waals surface area contributed by atoms with Gasteiger partial charge in [0.2, 0.25) is 5.89 Å². The van der Waals surface area contributed by atoms with E-state index < -0.39 is 0 Å². The van der Waals surface area contributed by atoms with Crippen LogP contribution in [0.15, 0.2) is 88.5 Å². The smallest absolute Gasteiger partial charge is 0.277 e. The molecule has 0 atom stereocenters. The van der Waals surface area contributed by atoms with Gasteiger partial charge in [-0.05, 0) is 35.9 Å². The Kier molecular flexibility index (Phi) is 5.47. The van der Waals surface area contributed by atoms with Crippen molar-refractivity contribution < 1.29 is 13.9 Å². The van der Waals surface area contributed by atoms with E-state index in [0.717, 1.165) is 33.5 Å². The SMILES string of the molecule is COc1ccc(-c2nnc(SCC(=O)c3c(-c4ccccc4)[nH]c4ccccc34)o2)cc1. The van der Waals surface area contributed by atoms with Gasteiger partial charge in [0.1, 0.15) is 5.75 Å². The van der Waals surface area contributed by atoms with E-state index >= 15 is 0 Å². The summed E-state index contributed by atoms with van der Waals surface area (Å²) in [7, 11) is 1.62. The molecule has 0 radical (unpaired) electrons. The van der Waals surface area contributed by atoms with Crippen LogP contribution in [0.25, 0.3) is 33.6 Å². The van der Waals surface area contributed by atoms with Crippen molar-refractivity contribution in [3.05, 3.63) is 84.4 Å². The van der Waals surface area contributed by atoms with E-state index in [1.165, 1.54) is 11.8 Å². The maximum Gasteiger partial charge on any atom is 0.277 e. The van der Waals surface area contributed by atoms with E-state index in [1.54, 1.807) is 7.11 Å². The Morgan fingerprint density at radius 3 is 2.47 bits per heavy atom. The molecule has 158 valence electrons. The molecule has 7 heteroatoms. The lowest BCUT2D eigenvalue weighted by Crippen LogP contribution is -2.03. The summed E-state index contributed by atoms with van der Waals surface area (Å²) in [4.78, 5) is 16.7. The Balaban J connectivity index is 1.38. The van der Waals surface area contributed by atoms with Crippen molar-refractivity contribution in [2.75, 3.05) is 12.9 Å². The van der Waals surface area contributed by atoms with E-state index in [4.69, 9.17) is 9.15 Å². The van der Waals surface area contributed by atoms with E-state index in [0.29, 0.717) is 16.7 Å². The number of H-pyrrole nitrogens is 1. The van der Waals surface area contributed by atoms with Crippen molar-refractivity contribution in [1.82, 2.24) is 15.2 Å². The van der Waals surface area contributed by atoms with Gasteiger partial charge in [-0.2, -0.15) is 0 Å². The second kappa shape index (κ2) is 8.72. The number of para-hydroxylation sites is 1. The van der Waals surface area contributed by atoms with E-state index in [9.17, 15) is 4.79 Å². The summed E-state index contributed by atoms with van der Waals surface area (Å²) in [6, 6.07) is 25.1. The number of carbonyl (C=O) groups excluding carboxylic acids is 1. The molecule has 2 aromatic heterocycles. The summed E-state index contributed by atoms with van der Waals surface area (Å²) in [6.45, 7) is 0. The molecule has 0 saturated heterocycles. The number of aromatic nitrogens is 3. The lowest BCUT2D eigenvalue weighted by atomic mass is 10.0. The normalized spacial score (nSPS) is 11.0. The van der Waals surface area contributed by atoms with Crippen LogP contribution >= 0.6 is 11.8 Å². The van der Waals surface area contributed by atoms with E-state index in [1.807, 2.05) is 78.9 Å². The number of hydrogen-bond acceptors (Lipinski definition) is 6. The topological polar surface area (TPSA) is 81.0 Å². The van der Waals surface area contributed by atoms with Crippen molar-refractivity contribution in [1.29, 1.82) is 0 Å². The number of nitrogens with one attached hydrogen (secondary N) is 1. The third kappa shape index (κ3) is 3.90. The monoisotopic (exact) mass is 441 g/mol. The third-order valence-electron chi connectivity index (χ3n) is 5.12. The average Bonchev–Trinajstić information content (AvgIpc) is 3.48. The number of fused-ring (bicyclic) bond motifs is 1. The van der Waals surface area contributed by atoms with Crippen LogP contribution in [0.3, 0.4) is 0 Å². The Hall–Kier alpha value is -3.84. The van der Waals surface area contributed by atoms with Gasteiger partial charge in [-0.3, -0.25) is 4.79 Å². The minimum absolute atomic E-state index is 0.00417. The number of carbonyl (C=O) groups is 1. The molecule has 0 amide bonds. The summed E-state index contributed by atoms with van der Waals surface area (Å²) in [5.41, 5.74) is 4.19. The van der Waals surface area contributed by atoms with Crippen LogP contribution in [-0.4, -0.2) is 33.8 Å². The standard InChI is InChI=1S/C25H19N3O3S/c1-30-18-13-11-17(12-14-18)24-27-28-25(31-24)32-15-21(29)22-19-9-5-6-10-20(19)26-23(22)16-7-3-2-4-8-16/h2-14,26H,15H2,1H3. The van der Waals surface area contributed by atoms with Crippen molar-refractivity contribution in [3.63, 3.8) is 0 Å². The number of methoxy groups -OCH3 is 1. The maximum absolute atomic E-state index is 13.3. The number of aromatic amines is 1. The van der Waals surface area contributed by atoms with Crippen molar-refractivity contribution >= 4 is 28.4 Å². The molecular formula is C25H19N3O3S. The fourth-order valence-corrected chi connectivity index (χ4v) is 4.21. The average molecular weight is 442 g/mol. The van der Waals surface area contributed by atoms with Gasteiger partial charge in [0.15, 0.2) is 5.78 Å². The number of benzene rings is 3. The molecule has 0 bridgehead atoms. The highest BCUT2D eigenvalue weighted by Crippen LogP contribution is 2.32. The highest BCUT2D eigenvalue weighted by atomic mass is 32.2. The Morgan fingerprint density at radius 1 is 0.938 bits per heavy atom. The van der Waals surface area contributed by atoms with Crippen LogP contribution in [0.2, 0.25) is 0 Å². The predicted octanol–water partition coefficient (Wildman–Crippen LogP) is 5.87. The first-order valence-electron chi connectivity index (χ1n) is 10.0. The number of ketones is 1. The molecule has 0 spiro atoms. The van der Waals surface area contributed by atoms with Gasteiger partial charge in [0, 0.05) is 16.5 Å². The molecule has 0 aliphatic heterocycles. The number of rotatable bonds is 7. The van der Waals surface area contributed by atoms with Crippen LogP contribution < -0.4 is 4.74 Å². The molecule has 1 N–H and O–H groups in total. The van der Waals surface area contributed by atoms with Gasteiger partial charge in [-0.15, -0.1) is 10.2 Å². The van der Waals surface area contributed by atoms with Gasteiger partial charge in [0.05, 0.1) is 24.1 Å². The molecule has 0 aliphatic carbocycles. The van der Waals surface area contributed by atoms with Crippen LogP contribution in [0.5, 0.6) is 5.75 Å². The summed E-state index contributed by atoms with van der Waals surface area (Å²) in [5, 5.41) is 9.44. The quantitative estimate of drug-likeness (QED) is 0.251. The van der Waals surface area contributed by atoms with Gasteiger partial charge in [-0.1, -0.05) is 60.3 Å². The fourth-order valence-electron chi connectivity index (χ4n) is 3.57. The number of hydrogen-bond donors (Lipinski definition) is 1. The van der Waals surface area contributed by atoms with Gasteiger partial charge in [-0.25, -0.2) is 0 Å². The number of Topliss-reactive ketones (excluding diaryl/α,β-unsaturated/α-hetero) is 1. The minimum Gasteiger partial charge on any atom is -0.497 e. The Morgan fingerprint density at radius 2 is 1.69 bits per heavy atom. The highest BCUT2D eigenvalue weighted by Gasteiger charge is 2.20. The molecule has 6 nitrogen and oxygen atoms in total. The number of ether oxygens (including phenoxy) is 1. The van der Waals surface area contributed by atoms with Gasteiger partial charge < -0.3 is 14.1 Å². The zero-order valence-electron chi connectivity index (χ0n) is 17.2. The first-order valence-corrected chi connectivity index (χ1v) is 11.0. The predicted molar refractivity (Wildman–Crippen MR) is 125 cm³/mol. The molecule has 0 aliphatic rings. The summed E-state index contributed by atoms with van der Waals surface area (Å²) >= 11 is 1.23. The highest BCUT2D eigenvalue weighted by molar-refractivity contribution is 7.99. The van der Waals surface area contributed by atoms with Crippen LogP contribution in [0.1, 0.15) is 10.4 Å². The number of nitrogens with zero attached hydrogens (tertiary/aromatic N) is 2. The van der Waals surface area contributed by atoms with E-state index in [-0.39, 0.29) is 11.5 Å². The fraction of sp³-hybridized carbons (Fsp3) is 0.0800. The molecule has 0 unspecified atom stereocenters. The summed E-state index contributed by atoms with van der Waals surface area (Å²) in [5.74, 6) is 1.34. The second-order valence-corrected chi connectivity index (χ2v) is 8.03. The molecule has 5 aromatic rings. The largest absolute Gasteiger partial charge is 0.497 e. The molecule has 0 fully saturated rings. The lowest BCUT2D eigenvalue weighted by Gasteiger charge is -2.04. The molecule has 5 rings (SSSR count). The molecule has 3 aromatic carbocycles. The van der Waals surface area contributed by atoms with Crippen LogP contribution in [0.4, 0.5) is 0 Å². The van der Waals surface area contributed by atoms with Gasteiger partial charge in [0.25, 0.3) is 5.22 Å².